The highest BCUT2D eigenvalue weighted by Gasteiger charge is 2.27. The lowest BCUT2D eigenvalue weighted by atomic mass is 10.1. The number of rotatable bonds is 23. The van der Waals surface area contributed by atoms with Crippen molar-refractivity contribution in [3.05, 3.63) is 112 Å². The van der Waals surface area contributed by atoms with Gasteiger partial charge in [0.25, 0.3) is 6.47 Å². The fraction of sp³-hybridized carbons (Fsp3) is 0.417. The van der Waals surface area contributed by atoms with Crippen molar-refractivity contribution >= 4 is 44.5 Å². The van der Waals surface area contributed by atoms with Crippen LogP contribution in [0, 0.1) is 27.7 Å². The van der Waals surface area contributed by atoms with E-state index in [1.807, 2.05) is 12.1 Å². The standard InChI is InChI=1S/C24H34N2O5S.C23H30N2O7S.CO2/c1-7-20-8-10-21(11-9-20)16-25(4)23(27)17-31-13-12-26(5)32(28,29)24-18(2)14-22(30-6)15-19(24)3;1-17-12-21(30-5)13-18(2)23(17)33(28,29)25(4)10-11-31-15-22(27)24(3)14-19-6-8-20(9-7-19)32-16-26;2-1-3/h8-11,14-15H,7,12-13,16-17H2,1-6H3;6-9,12-13,16H,10-11,14-15H2,1-5H3;. The van der Waals surface area contributed by atoms with Gasteiger partial charge < -0.3 is 33.5 Å². The summed E-state index contributed by atoms with van der Waals surface area (Å²) in [6.07, 6.45) is 1.23. The van der Waals surface area contributed by atoms with Gasteiger partial charge in [0, 0.05) is 54.4 Å². The highest BCUT2D eigenvalue weighted by atomic mass is 32.2. The number of methoxy groups -OCH3 is 2. The molecule has 0 unspecified atom stereocenters. The van der Waals surface area contributed by atoms with Gasteiger partial charge >= 0.3 is 6.15 Å². The molecule has 0 radical (unpaired) electrons. The number of sulfonamides is 2. The summed E-state index contributed by atoms with van der Waals surface area (Å²) in [7, 11) is 2.04. The molecule has 0 aliphatic heterocycles. The quantitative estimate of drug-likeness (QED) is 0.0727. The minimum Gasteiger partial charge on any atom is -0.497 e. The average molecular weight is 985 g/mol. The van der Waals surface area contributed by atoms with Crippen LogP contribution in [0.2, 0.25) is 0 Å². The Kier molecular flexibility index (Phi) is 24.3. The van der Waals surface area contributed by atoms with E-state index in [-0.39, 0.29) is 67.3 Å². The van der Waals surface area contributed by atoms with Crippen LogP contribution in [0.4, 0.5) is 0 Å². The number of likely N-dealkylation sites (N-methyl/N-ethyl adjacent to an activating group) is 4. The molecule has 0 N–H and O–H groups in total. The summed E-state index contributed by atoms with van der Waals surface area (Å²) in [5.74, 6) is 1.24. The summed E-state index contributed by atoms with van der Waals surface area (Å²) >= 11 is 0. The van der Waals surface area contributed by atoms with Crippen LogP contribution in [0.15, 0.2) is 82.6 Å². The van der Waals surface area contributed by atoms with Crippen LogP contribution in [0.5, 0.6) is 17.2 Å². The Hall–Kier alpha value is -5.99. The Morgan fingerprint density at radius 2 is 0.897 bits per heavy atom. The summed E-state index contributed by atoms with van der Waals surface area (Å²) in [6, 6.07) is 21.7. The topological polar surface area (TPSA) is 213 Å². The lowest BCUT2D eigenvalue weighted by Gasteiger charge is -2.21. The third-order valence-electron chi connectivity index (χ3n) is 10.5. The van der Waals surface area contributed by atoms with Crippen molar-refractivity contribution in [2.45, 2.75) is 63.9 Å². The molecule has 0 aliphatic carbocycles. The Balaban J connectivity index is 0.000000441. The minimum absolute atomic E-state index is 0.0707. The number of nitrogens with zero attached hydrogens (tertiary/aromatic N) is 4. The molecule has 0 saturated heterocycles. The van der Waals surface area contributed by atoms with E-state index >= 15 is 0 Å². The SMILES string of the molecule is CCc1ccc(CN(C)C(=O)COCCN(C)S(=O)(=O)c2c(C)cc(OC)cc2C)cc1.COc1cc(C)c(S(=O)(=O)N(C)CCOCC(=O)N(C)Cc2ccc(OC=O)cc2)c(C)c1.O=C=O. The number of hydrogen-bond acceptors (Lipinski definition) is 14. The first kappa shape index (κ1) is 58.1. The summed E-state index contributed by atoms with van der Waals surface area (Å²) in [5, 5.41) is 0. The fourth-order valence-electron chi connectivity index (χ4n) is 6.68. The molecule has 0 spiro atoms. The van der Waals surface area contributed by atoms with E-state index in [9.17, 15) is 31.2 Å². The highest BCUT2D eigenvalue weighted by Crippen LogP contribution is 2.29. The van der Waals surface area contributed by atoms with Crippen LogP contribution in [-0.4, -0.2) is 142 Å². The zero-order chi connectivity index (χ0) is 51.2. The van der Waals surface area contributed by atoms with Crippen molar-refractivity contribution in [1.29, 1.82) is 0 Å². The molecule has 4 rings (SSSR count). The number of amides is 2. The van der Waals surface area contributed by atoms with Gasteiger partial charge in [0.2, 0.25) is 31.9 Å². The third kappa shape index (κ3) is 17.6. The predicted molar refractivity (Wildman–Crippen MR) is 253 cm³/mol. The van der Waals surface area contributed by atoms with E-state index in [0.717, 1.165) is 17.5 Å². The molecule has 18 nitrogen and oxygen atoms in total. The van der Waals surface area contributed by atoms with E-state index in [0.29, 0.717) is 59.1 Å². The maximum Gasteiger partial charge on any atom is 0.373 e. The molecule has 0 fully saturated rings. The van der Waals surface area contributed by atoms with Crippen LogP contribution in [0.3, 0.4) is 0 Å². The second-order valence-electron chi connectivity index (χ2n) is 15.5. The van der Waals surface area contributed by atoms with Crippen molar-refractivity contribution in [1.82, 2.24) is 18.4 Å². The van der Waals surface area contributed by atoms with Crippen LogP contribution in [0.25, 0.3) is 0 Å². The molecule has 0 atom stereocenters. The largest absolute Gasteiger partial charge is 0.497 e. The number of carbonyl (C=O) groups is 3. The maximum atomic E-state index is 13.0. The van der Waals surface area contributed by atoms with Crippen molar-refractivity contribution in [3.8, 4) is 17.2 Å². The van der Waals surface area contributed by atoms with E-state index in [1.54, 1.807) is 102 Å². The first-order valence-electron chi connectivity index (χ1n) is 21.2. The van der Waals surface area contributed by atoms with Gasteiger partial charge in [-0.2, -0.15) is 18.2 Å². The molecular formula is C48H64N4O14S2. The fourth-order valence-corrected chi connectivity index (χ4v) is 9.80. The Morgan fingerprint density at radius 1 is 0.574 bits per heavy atom. The molecule has 372 valence electrons. The molecular weight excluding hydrogens is 921 g/mol. The molecule has 4 aromatic carbocycles. The normalized spacial score (nSPS) is 11.1. The molecule has 0 heterocycles. The average Bonchev–Trinajstić information content (AvgIpc) is 3.29. The summed E-state index contributed by atoms with van der Waals surface area (Å²) in [4.78, 5) is 54.9. The zero-order valence-corrected chi connectivity index (χ0v) is 42.3. The molecule has 68 heavy (non-hydrogen) atoms. The lowest BCUT2D eigenvalue weighted by molar-refractivity contribution is -0.191. The van der Waals surface area contributed by atoms with Crippen LogP contribution in [0.1, 0.15) is 45.9 Å². The van der Waals surface area contributed by atoms with E-state index in [2.05, 4.69) is 19.1 Å². The number of benzene rings is 4. The van der Waals surface area contributed by atoms with Gasteiger partial charge in [0.05, 0.1) is 37.2 Å². The van der Waals surface area contributed by atoms with Gasteiger partial charge in [0.1, 0.15) is 30.5 Å². The molecule has 4 aromatic rings. The molecule has 0 bridgehead atoms. The van der Waals surface area contributed by atoms with Gasteiger partial charge in [-0.05, 0) is 109 Å². The number of carbonyl (C=O) groups excluding carboxylic acids is 5. The Morgan fingerprint density at radius 3 is 1.21 bits per heavy atom. The van der Waals surface area contributed by atoms with E-state index in [4.69, 9.17) is 33.3 Å². The number of ether oxygens (including phenoxy) is 5. The Labute approximate surface area is 400 Å². The third-order valence-corrected chi connectivity index (χ3v) is 14.8. The van der Waals surface area contributed by atoms with Gasteiger partial charge in [-0.3, -0.25) is 14.4 Å². The monoisotopic (exact) mass is 984 g/mol. The minimum atomic E-state index is -3.72. The van der Waals surface area contributed by atoms with Gasteiger partial charge in [-0.25, -0.2) is 16.8 Å². The predicted octanol–water partition coefficient (Wildman–Crippen LogP) is 4.73. The van der Waals surface area contributed by atoms with Gasteiger partial charge in [0.15, 0.2) is 0 Å². The molecule has 0 aliphatic rings. The number of aryl methyl sites for hydroxylation is 5. The van der Waals surface area contributed by atoms with Gasteiger partial charge in [-0.1, -0.05) is 43.3 Å². The van der Waals surface area contributed by atoms with E-state index < -0.39 is 20.0 Å². The molecule has 0 saturated carbocycles. The first-order chi connectivity index (χ1) is 32.1. The van der Waals surface area contributed by atoms with Crippen molar-refractivity contribution in [2.24, 2.45) is 0 Å². The lowest BCUT2D eigenvalue weighted by Crippen LogP contribution is -2.33. The van der Waals surface area contributed by atoms with Crippen LogP contribution in [-0.2, 0) is 73.0 Å². The van der Waals surface area contributed by atoms with Crippen LogP contribution >= 0.6 is 0 Å². The van der Waals surface area contributed by atoms with Crippen molar-refractivity contribution < 1.29 is 64.5 Å². The smallest absolute Gasteiger partial charge is 0.373 e. The second-order valence-corrected chi connectivity index (χ2v) is 19.5. The molecule has 2 amide bonds. The van der Waals surface area contributed by atoms with E-state index in [1.165, 1.54) is 40.3 Å². The van der Waals surface area contributed by atoms with Crippen molar-refractivity contribution in [2.75, 3.05) is 81.9 Å². The summed E-state index contributed by atoms with van der Waals surface area (Å²) in [6.45, 7) is 10.4. The Bertz CT molecular complexity index is 2480. The maximum absolute atomic E-state index is 13.0. The molecule has 0 aromatic heterocycles. The number of hydrogen-bond donors (Lipinski definition) is 0. The zero-order valence-electron chi connectivity index (χ0n) is 40.7. The first-order valence-corrected chi connectivity index (χ1v) is 24.1. The molecule has 20 heteroatoms. The second kappa shape index (κ2) is 28.4. The van der Waals surface area contributed by atoms with Crippen molar-refractivity contribution in [3.63, 3.8) is 0 Å². The summed E-state index contributed by atoms with van der Waals surface area (Å²) in [5.41, 5.74) is 5.61. The van der Waals surface area contributed by atoms with Gasteiger partial charge in [-0.15, -0.1) is 0 Å². The summed E-state index contributed by atoms with van der Waals surface area (Å²) < 4.78 is 80.5. The highest BCUT2D eigenvalue weighted by molar-refractivity contribution is 7.89. The van der Waals surface area contributed by atoms with Crippen LogP contribution < -0.4 is 14.2 Å².